The molecular formula is C20H29ClIN5OS. The molecule has 6 nitrogen and oxygen atoms in total. The van der Waals surface area contributed by atoms with Crippen LogP contribution in [-0.4, -0.2) is 50.8 Å². The molecule has 0 saturated carbocycles. The Bertz CT molecular complexity index is 816. The highest BCUT2D eigenvalue weighted by Gasteiger charge is 2.25. The van der Waals surface area contributed by atoms with Gasteiger partial charge in [0.15, 0.2) is 5.96 Å². The van der Waals surface area contributed by atoms with Crippen molar-refractivity contribution in [3.8, 4) is 5.75 Å². The van der Waals surface area contributed by atoms with Gasteiger partial charge in [-0.3, -0.25) is 4.99 Å². The van der Waals surface area contributed by atoms with Gasteiger partial charge in [0.05, 0.1) is 17.8 Å². The van der Waals surface area contributed by atoms with E-state index in [0.717, 1.165) is 67.0 Å². The van der Waals surface area contributed by atoms with Crippen molar-refractivity contribution >= 4 is 58.6 Å². The summed E-state index contributed by atoms with van der Waals surface area (Å²) in [6.45, 7) is 4.75. The molecule has 9 heteroatoms. The first-order valence-electron chi connectivity index (χ1n) is 9.55. The molecule has 1 unspecified atom stereocenters. The Balaban J connectivity index is 0.00000300. The van der Waals surface area contributed by atoms with Crippen molar-refractivity contribution in [2.75, 3.05) is 38.7 Å². The summed E-state index contributed by atoms with van der Waals surface area (Å²) >= 11 is 7.91. The fraction of sp³-hybridized carbons (Fsp3) is 0.500. The average molecular weight is 550 g/mol. The summed E-state index contributed by atoms with van der Waals surface area (Å²) in [4.78, 5) is 11.2. The second kappa shape index (κ2) is 11.8. The van der Waals surface area contributed by atoms with Gasteiger partial charge in [0.1, 0.15) is 5.75 Å². The van der Waals surface area contributed by atoms with E-state index in [2.05, 4.69) is 30.9 Å². The average Bonchev–Trinajstić information content (AvgIpc) is 3.33. The second-order valence-corrected chi connectivity index (χ2v) is 8.26. The minimum atomic E-state index is 0. The standard InChI is InChI=1S/C20H28ClN5OS.HI/c1-14-13-28-19(24-14)5-4-9-23-20(22-2)25-16-8-10-26(12-16)17-11-15(21)6-7-18(17)27-3;/h6-7,11,13,16H,4-5,8-10,12H2,1-3H3,(H2,22,23,25);1H. The highest BCUT2D eigenvalue weighted by atomic mass is 127. The van der Waals surface area contributed by atoms with Crippen LogP contribution in [0, 0.1) is 6.92 Å². The number of halogens is 2. The summed E-state index contributed by atoms with van der Waals surface area (Å²) in [5, 5.41) is 11.0. The van der Waals surface area contributed by atoms with Crippen LogP contribution >= 0.6 is 46.9 Å². The number of nitrogens with one attached hydrogen (secondary N) is 2. The van der Waals surface area contributed by atoms with E-state index < -0.39 is 0 Å². The van der Waals surface area contributed by atoms with Crippen molar-refractivity contribution in [1.29, 1.82) is 0 Å². The molecule has 1 atom stereocenters. The van der Waals surface area contributed by atoms with Crippen molar-refractivity contribution in [3.63, 3.8) is 0 Å². The number of anilines is 1. The molecular weight excluding hydrogens is 521 g/mol. The number of methoxy groups -OCH3 is 1. The van der Waals surface area contributed by atoms with E-state index in [0.29, 0.717) is 6.04 Å². The Hall–Kier alpha value is -1.26. The Labute approximate surface area is 199 Å². The van der Waals surface area contributed by atoms with Crippen molar-refractivity contribution < 1.29 is 4.74 Å². The van der Waals surface area contributed by atoms with Gasteiger partial charge in [-0.05, 0) is 38.0 Å². The lowest BCUT2D eigenvalue weighted by Crippen LogP contribution is -2.44. The molecule has 1 aliphatic rings. The highest BCUT2D eigenvalue weighted by molar-refractivity contribution is 14.0. The monoisotopic (exact) mass is 549 g/mol. The largest absolute Gasteiger partial charge is 0.495 e. The quantitative estimate of drug-likeness (QED) is 0.236. The fourth-order valence-electron chi connectivity index (χ4n) is 3.36. The van der Waals surface area contributed by atoms with E-state index in [-0.39, 0.29) is 24.0 Å². The first-order chi connectivity index (χ1) is 13.6. The molecule has 1 saturated heterocycles. The number of hydrogen-bond donors (Lipinski definition) is 2. The Morgan fingerprint density at radius 3 is 2.97 bits per heavy atom. The Morgan fingerprint density at radius 1 is 1.45 bits per heavy atom. The van der Waals surface area contributed by atoms with Gasteiger partial charge in [0.25, 0.3) is 0 Å². The van der Waals surface area contributed by atoms with Crippen LogP contribution in [0.3, 0.4) is 0 Å². The Morgan fingerprint density at radius 2 is 2.28 bits per heavy atom. The molecule has 29 heavy (non-hydrogen) atoms. The van der Waals surface area contributed by atoms with E-state index >= 15 is 0 Å². The lowest BCUT2D eigenvalue weighted by atomic mass is 10.2. The van der Waals surface area contributed by atoms with Crippen LogP contribution in [-0.2, 0) is 6.42 Å². The molecule has 1 aromatic carbocycles. The zero-order valence-corrected chi connectivity index (χ0v) is 21.0. The summed E-state index contributed by atoms with van der Waals surface area (Å²) in [5.74, 6) is 1.70. The van der Waals surface area contributed by atoms with E-state index in [1.54, 1.807) is 18.4 Å². The number of rotatable bonds is 7. The number of nitrogens with zero attached hydrogens (tertiary/aromatic N) is 3. The zero-order chi connectivity index (χ0) is 19.9. The van der Waals surface area contributed by atoms with E-state index in [1.165, 1.54) is 5.01 Å². The molecule has 1 aromatic heterocycles. The van der Waals surface area contributed by atoms with Gasteiger partial charge in [-0.15, -0.1) is 35.3 Å². The van der Waals surface area contributed by atoms with Crippen LogP contribution in [0.25, 0.3) is 0 Å². The van der Waals surface area contributed by atoms with Crippen LogP contribution in [0.1, 0.15) is 23.5 Å². The van der Waals surface area contributed by atoms with Crippen molar-refractivity contribution in [3.05, 3.63) is 39.3 Å². The van der Waals surface area contributed by atoms with Crippen molar-refractivity contribution in [2.45, 2.75) is 32.2 Å². The molecule has 1 fully saturated rings. The number of hydrogen-bond acceptors (Lipinski definition) is 5. The summed E-state index contributed by atoms with van der Waals surface area (Å²) in [7, 11) is 3.50. The number of aromatic nitrogens is 1. The second-order valence-electron chi connectivity index (χ2n) is 6.88. The summed E-state index contributed by atoms with van der Waals surface area (Å²) in [6.07, 6.45) is 3.06. The normalized spacial score (nSPS) is 16.5. The van der Waals surface area contributed by atoms with Gasteiger partial charge in [-0.2, -0.15) is 0 Å². The summed E-state index contributed by atoms with van der Waals surface area (Å²) in [5.41, 5.74) is 2.15. The smallest absolute Gasteiger partial charge is 0.191 e. The molecule has 0 spiro atoms. The van der Waals surface area contributed by atoms with Gasteiger partial charge in [-0.25, -0.2) is 4.98 Å². The number of guanidine groups is 1. The number of ether oxygens (including phenoxy) is 1. The third-order valence-electron chi connectivity index (χ3n) is 4.76. The Kier molecular flexibility index (Phi) is 9.78. The van der Waals surface area contributed by atoms with Crippen molar-refractivity contribution in [2.24, 2.45) is 4.99 Å². The van der Waals surface area contributed by atoms with Crippen LogP contribution < -0.4 is 20.3 Å². The first kappa shape index (κ1) is 24.0. The maximum atomic E-state index is 6.18. The van der Waals surface area contributed by atoms with E-state index in [4.69, 9.17) is 16.3 Å². The molecule has 2 N–H and O–H groups in total. The molecule has 2 aromatic rings. The van der Waals surface area contributed by atoms with Gasteiger partial charge in [0.2, 0.25) is 0 Å². The number of aliphatic imine (C=N–C) groups is 1. The summed E-state index contributed by atoms with van der Waals surface area (Å²) in [6, 6.07) is 6.07. The molecule has 160 valence electrons. The molecule has 0 amide bonds. The molecule has 0 bridgehead atoms. The van der Waals surface area contributed by atoms with Crippen LogP contribution in [0.2, 0.25) is 5.02 Å². The van der Waals surface area contributed by atoms with Crippen LogP contribution in [0.4, 0.5) is 5.69 Å². The minimum Gasteiger partial charge on any atom is -0.495 e. The number of aryl methyl sites for hydroxylation is 2. The zero-order valence-electron chi connectivity index (χ0n) is 17.1. The molecule has 1 aliphatic heterocycles. The lowest BCUT2D eigenvalue weighted by molar-refractivity contribution is 0.415. The van der Waals surface area contributed by atoms with E-state index in [1.807, 2.05) is 32.2 Å². The van der Waals surface area contributed by atoms with Gasteiger partial charge in [-0.1, -0.05) is 11.6 Å². The van der Waals surface area contributed by atoms with E-state index in [9.17, 15) is 0 Å². The maximum Gasteiger partial charge on any atom is 0.191 e. The molecule has 0 radical (unpaired) electrons. The molecule has 3 rings (SSSR count). The lowest BCUT2D eigenvalue weighted by Gasteiger charge is -2.22. The predicted molar refractivity (Wildman–Crippen MR) is 134 cm³/mol. The molecule has 0 aliphatic carbocycles. The third kappa shape index (κ3) is 6.89. The number of thiazole rings is 1. The highest BCUT2D eigenvalue weighted by Crippen LogP contribution is 2.33. The SMILES string of the molecule is CN=C(NCCCc1nc(C)cs1)NC1CCN(c2cc(Cl)ccc2OC)C1.I. The topological polar surface area (TPSA) is 61.8 Å². The van der Waals surface area contributed by atoms with Gasteiger partial charge < -0.3 is 20.3 Å². The van der Waals surface area contributed by atoms with Crippen LogP contribution in [0.15, 0.2) is 28.6 Å². The van der Waals surface area contributed by atoms with Crippen LogP contribution in [0.5, 0.6) is 5.75 Å². The third-order valence-corrected chi connectivity index (χ3v) is 6.02. The predicted octanol–water partition coefficient (Wildman–Crippen LogP) is 4.11. The fourth-order valence-corrected chi connectivity index (χ4v) is 4.34. The first-order valence-corrected chi connectivity index (χ1v) is 10.8. The van der Waals surface area contributed by atoms with Gasteiger partial charge >= 0.3 is 0 Å². The maximum absolute atomic E-state index is 6.18. The minimum absolute atomic E-state index is 0. The number of benzene rings is 1. The van der Waals surface area contributed by atoms with Gasteiger partial charge in [0, 0.05) is 55.2 Å². The molecule has 2 heterocycles. The van der Waals surface area contributed by atoms with Crippen molar-refractivity contribution in [1.82, 2.24) is 15.6 Å². The summed E-state index contributed by atoms with van der Waals surface area (Å²) < 4.78 is 5.49.